The van der Waals surface area contributed by atoms with Crippen LogP contribution in [0.15, 0.2) is 60.1 Å². The molecule has 1 N–H and O–H groups in total. The van der Waals surface area contributed by atoms with Gasteiger partial charge >= 0.3 is 0 Å². The maximum Gasteiger partial charge on any atom is 0.294 e. The van der Waals surface area contributed by atoms with Crippen molar-refractivity contribution in [2.24, 2.45) is 5.41 Å². The maximum atomic E-state index is 13.2. The van der Waals surface area contributed by atoms with E-state index < -0.39 is 23.1 Å². The fourth-order valence-electron chi connectivity index (χ4n) is 4.25. The average Bonchev–Trinajstić information content (AvgIpc) is 3.04. The van der Waals surface area contributed by atoms with Crippen LogP contribution < -0.4 is 9.80 Å². The molecule has 1 unspecified atom stereocenters. The Balaban J connectivity index is 1.71. The minimum absolute atomic E-state index is 0.124. The van der Waals surface area contributed by atoms with Crippen molar-refractivity contribution in [1.82, 2.24) is 9.88 Å². The predicted molar refractivity (Wildman–Crippen MR) is 125 cm³/mol. The van der Waals surface area contributed by atoms with Gasteiger partial charge in [-0.05, 0) is 42.9 Å². The summed E-state index contributed by atoms with van der Waals surface area (Å²) in [6.07, 6.45) is 3.28. The van der Waals surface area contributed by atoms with Gasteiger partial charge in [0.2, 0.25) is 0 Å². The van der Waals surface area contributed by atoms with E-state index in [4.69, 9.17) is 0 Å². The van der Waals surface area contributed by atoms with E-state index >= 15 is 0 Å². The molecule has 4 rings (SSSR count). The first kappa shape index (κ1) is 22.0. The number of benzene rings is 1. The topological polar surface area (TPSA) is 77.0 Å². The fourth-order valence-corrected chi connectivity index (χ4v) is 4.25. The van der Waals surface area contributed by atoms with Crippen molar-refractivity contribution in [3.63, 3.8) is 0 Å². The number of Topliss-reactive ketones (excluding diaryl/α,β-unsaturated/α-hetero) is 1. The van der Waals surface area contributed by atoms with Gasteiger partial charge < -0.3 is 14.9 Å². The number of anilines is 2. The number of likely N-dealkylation sites (N-methyl/N-ethyl adjacent to an activating group) is 1. The Morgan fingerprint density at radius 3 is 2.22 bits per heavy atom. The molecular weight excluding hydrogens is 404 g/mol. The fraction of sp³-hybridized carbons (Fsp3) is 0.400. The molecule has 0 spiro atoms. The van der Waals surface area contributed by atoms with Crippen molar-refractivity contribution in [2.75, 3.05) is 43.0 Å². The zero-order valence-electron chi connectivity index (χ0n) is 19.1. The van der Waals surface area contributed by atoms with Gasteiger partial charge in [0, 0.05) is 55.4 Å². The number of piperazine rings is 1. The Bertz CT molecular complexity index is 1030. The summed E-state index contributed by atoms with van der Waals surface area (Å²) in [5.74, 6) is -1.31. The molecular formula is C25H30N4O3. The minimum Gasteiger partial charge on any atom is -0.503 e. The number of amides is 1. The van der Waals surface area contributed by atoms with Crippen molar-refractivity contribution in [2.45, 2.75) is 26.8 Å². The number of pyridine rings is 1. The summed E-state index contributed by atoms with van der Waals surface area (Å²) in [6.45, 7) is 9.26. The van der Waals surface area contributed by atoms with E-state index in [0.717, 1.165) is 31.9 Å². The molecule has 1 fully saturated rings. The summed E-state index contributed by atoms with van der Waals surface area (Å²) < 4.78 is 0. The Kier molecular flexibility index (Phi) is 5.77. The predicted octanol–water partition coefficient (Wildman–Crippen LogP) is 3.35. The summed E-state index contributed by atoms with van der Waals surface area (Å²) in [7, 11) is 2.12. The number of aromatic nitrogens is 1. The van der Waals surface area contributed by atoms with Gasteiger partial charge in [-0.15, -0.1) is 0 Å². The Morgan fingerprint density at radius 2 is 1.66 bits per heavy atom. The van der Waals surface area contributed by atoms with Crippen molar-refractivity contribution in [3.05, 3.63) is 65.7 Å². The highest BCUT2D eigenvalue weighted by Crippen LogP contribution is 2.43. The number of aliphatic hydroxyl groups excluding tert-OH is 1. The molecule has 2 aromatic rings. The number of nitrogens with zero attached hydrogens (tertiary/aromatic N) is 4. The molecule has 32 heavy (non-hydrogen) atoms. The van der Waals surface area contributed by atoms with Crippen LogP contribution in [0, 0.1) is 5.41 Å². The van der Waals surface area contributed by atoms with E-state index in [1.54, 1.807) is 39.2 Å². The van der Waals surface area contributed by atoms with Crippen LogP contribution in [0.1, 0.15) is 32.4 Å². The van der Waals surface area contributed by atoms with Gasteiger partial charge in [-0.2, -0.15) is 0 Å². The molecule has 1 amide bonds. The lowest BCUT2D eigenvalue weighted by Crippen LogP contribution is -2.44. The third-order valence-electron chi connectivity index (χ3n) is 6.13. The molecule has 2 aliphatic rings. The first-order chi connectivity index (χ1) is 15.2. The van der Waals surface area contributed by atoms with Gasteiger partial charge in [-0.25, -0.2) is 0 Å². The van der Waals surface area contributed by atoms with Gasteiger partial charge in [0.25, 0.3) is 5.91 Å². The van der Waals surface area contributed by atoms with Crippen LogP contribution in [0.2, 0.25) is 0 Å². The molecule has 0 bridgehead atoms. The van der Waals surface area contributed by atoms with Gasteiger partial charge in [-0.3, -0.25) is 19.5 Å². The summed E-state index contributed by atoms with van der Waals surface area (Å²) in [5, 5.41) is 10.8. The number of hydrogen-bond acceptors (Lipinski definition) is 6. The van der Waals surface area contributed by atoms with Crippen molar-refractivity contribution < 1.29 is 14.7 Å². The molecule has 2 aliphatic heterocycles. The zero-order chi connectivity index (χ0) is 23.0. The van der Waals surface area contributed by atoms with Crippen LogP contribution in [0.5, 0.6) is 0 Å². The molecule has 1 atom stereocenters. The second kappa shape index (κ2) is 8.39. The Morgan fingerprint density at radius 1 is 1.03 bits per heavy atom. The lowest BCUT2D eigenvalue weighted by atomic mass is 9.82. The number of carbonyl (C=O) groups is 2. The van der Waals surface area contributed by atoms with Crippen molar-refractivity contribution >= 4 is 23.1 Å². The monoisotopic (exact) mass is 434 g/mol. The molecule has 0 aliphatic carbocycles. The van der Waals surface area contributed by atoms with E-state index in [2.05, 4.69) is 21.8 Å². The highest BCUT2D eigenvalue weighted by atomic mass is 16.3. The van der Waals surface area contributed by atoms with Crippen LogP contribution in [0.4, 0.5) is 11.4 Å². The van der Waals surface area contributed by atoms with Crippen LogP contribution in [-0.2, 0) is 9.59 Å². The second-order valence-corrected chi connectivity index (χ2v) is 9.51. The van der Waals surface area contributed by atoms with Gasteiger partial charge in [0.15, 0.2) is 11.5 Å². The molecule has 7 nitrogen and oxygen atoms in total. The number of ketones is 1. The van der Waals surface area contributed by atoms with Crippen LogP contribution in [-0.4, -0.2) is 59.9 Å². The summed E-state index contributed by atoms with van der Waals surface area (Å²) in [5.41, 5.74) is 1.78. The minimum atomic E-state index is -0.745. The van der Waals surface area contributed by atoms with Crippen LogP contribution in [0.3, 0.4) is 0 Å². The van der Waals surface area contributed by atoms with Gasteiger partial charge in [-0.1, -0.05) is 26.8 Å². The van der Waals surface area contributed by atoms with E-state index in [1.807, 2.05) is 30.3 Å². The first-order valence-electron chi connectivity index (χ1n) is 10.9. The van der Waals surface area contributed by atoms with Gasteiger partial charge in [0.05, 0.1) is 11.6 Å². The van der Waals surface area contributed by atoms with Crippen LogP contribution >= 0.6 is 0 Å². The summed E-state index contributed by atoms with van der Waals surface area (Å²) in [4.78, 5) is 36.7. The smallest absolute Gasteiger partial charge is 0.294 e. The van der Waals surface area contributed by atoms with E-state index in [-0.39, 0.29) is 11.4 Å². The average molecular weight is 435 g/mol. The maximum absolute atomic E-state index is 13.2. The molecule has 1 aromatic heterocycles. The van der Waals surface area contributed by atoms with E-state index in [9.17, 15) is 14.7 Å². The molecule has 1 saturated heterocycles. The Hall–Kier alpha value is -3.19. The molecule has 168 valence electrons. The molecule has 1 aromatic carbocycles. The quantitative estimate of drug-likeness (QED) is 0.795. The number of rotatable bonds is 4. The third-order valence-corrected chi connectivity index (χ3v) is 6.13. The number of carbonyl (C=O) groups excluding carboxylic acids is 2. The normalized spacial score (nSPS) is 20.2. The van der Waals surface area contributed by atoms with Crippen LogP contribution in [0.25, 0.3) is 0 Å². The largest absolute Gasteiger partial charge is 0.503 e. The van der Waals surface area contributed by atoms with Gasteiger partial charge in [0.1, 0.15) is 0 Å². The molecule has 7 heteroatoms. The SMILES string of the molecule is CN1CCN(c2ccc(N3C(=O)C(O)=C(C(=O)C(C)(C)C)C3c3cccnc3)cc2)CC1. The molecule has 0 radical (unpaired) electrons. The van der Waals surface area contributed by atoms with Crippen molar-refractivity contribution in [1.29, 1.82) is 0 Å². The van der Waals surface area contributed by atoms with Crippen molar-refractivity contribution in [3.8, 4) is 0 Å². The lowest BCUT2D eigenvalue weighted by Gasteiger charge is -2.34. The highest BCUT2D eigenvalue weighted by molar-refractivity contribution is 6.17. The van der Waals surface area contributed by atoms with E-state index in [1.165, 1.54) is 4.90 Å². The second-order valence-electron chi connectivity index (χ2n) is 9.51. The lowest BCUT2D eigenvalue weighted by molar-refractivity contribution is -0.123. The van der Waals surface area contributed by atoms with E-state index in [0.29, 0.717) is 11.3 Å². The molecule has 0 saturated carbocycles. The number of hydrogen-bond donors (Lipinski definition) is 1. The Labute approximate surface area is 189 Å². The standard InChI is InChI=1S/C25H30N4O3/c1-25(2,3)23(31)20-21(17-6-5-11-26-16-17)29(24(32)22(20)30)19-9-7-18(8-10-19)28-14-12-27(4)13-15-28/h5-11,16,21,30H,12-15H2,1-4H3. The highest BCUT2D eigenvalue weighted by Gasteiger charge is 2.46. The zero-order valence-corrected chi connectivity index (χ0v) is 19.1. The molecule has 3 heterocycles. The summed E-state index contributed by atoms with van der Waals surface area (Å²) >= 11 is 0. The first-order valence-corrected chi connectivity index (χ1v) is 10.9. The third kappa shape index (κ3) is 4.00. The number of aliphatic hydroxyl groups is 1. The summed E-state index contributed by atoms with van der Waals surface area (Å²) in [6, 6.07) is 10.6.